The second-order valence-electron chi connectivity index (χ2n) is 6.54. The SMILES string of the molecule is c1cncc(Oc2ccc(-c3cccc4cc5ccccc5cc34)cc2)c1. The lowest BCUT2D eigenvalue weighted by Gasteiger charge is -2.10. The van der Waals surface area contributed by atoms with Crippen LogP contribution in [0.3, 0.4) is 0 Å². The molecule has 27 heavy (non-hydrogen) atoms. The van der Waals surface area contributed by atoms with Gasteiger partial charge in [-0.05, 0) is 69.1 Å². The van der Waals surface area contributed by atoms with Crippen LogP contribution < -0.4 is 4.74 Å². The minimum Gasteiger partial charge on any atom is -0.456 e. The van der Waals surface area contributed by atoms with Crippen LogP contribution in [-0.2, 0) is 0 Å². The molecule has 0 N–H and O–H groups in total. The van der Waals surface area contributed by atoms with Gasteiger partial charge in [-0.15, -0.1) is 0 Å². The molecule has 0 amide bonds. The standard InChI is InChI=1S/C25H17NO/c1-2-6-20-16-25-21(15-19(20)5-1)7-3-9-24(25)18-10-12-22(13-11-18)27-23-8-4-14-26-17-23/h1-17H. The quantitative estimate of drug-likeness (QED) is 0.333. The maximum absolute atomic E-state index is 5.85. The molecule has 4 aromatic carbocycles. The minimum atomic E-state index is 0.738. The second kappa shape index (κ2) is 6.58. The first-order valence-corrected chi connectivity index (χ1v) is 8.97. The van der Waals surface area contributed by atoms with Gasteiger partial charge in [0.1, 0.15) is 11.5 Å². The highest BCUT2D eigenvalue weighted by atomic mass is 16.5. The van der Waals surface area contributed by atoms with E-state index in [0.717, 1.165) is 11.5 Å². The van der Waals surface area contributed by atoms with Gasteiger partial charge in [0.05, 0.1) is 6.20 Å². The topological polar surface area (TPSA) is 22.1 Å². The third-order valence-electron chi connectivity index (χ3n) is 4.78. The van der Waals surface area contributed by atoms with Gasteiger partial charge in [-0.1, -0.05) is 54.6 Å². The third kappa shape index (κ3) is 3.02. The lowest BCUT2D eigenvalue weighted by molar-refractivity contribution is 0.480. The second-order valence-corrected chi connectivity index (χ2v) is 6.54. The molecule has 0 saturated heterocycles. The predicted molar refractivity (Wildman–Crippen MR) is 111 cm³/mol. The largest absolute Gasteiger partial charge is 0.456 e. The molecule has 5 rings (SSSR count). The van der Waals surface area contributed by atoms with Crippen LogP contribution >= 0.6 is 0 Å². The number of nitrogens with zero attached hydrogens (tertiary/aromatic N) is 1. The fourth-order valence-electron chi connectivity index (χ4n) is 3.46. The minimum absolute atomic E-state index is 0.738. The number of benzene rings is 4. The fourth-order valence-corrected chi connectivity index (χ4v) is 3.46. The van der Waals surface area contributed by atoms with E-state index >= 15 is 0 Å². The summed E-state index contributed by atoms with van der Waals surface area (Å²) in [6.45, 7) is 0. The van der Waals surface area contributed by atoms with Gasteiger partial charge in [0.15, 0.2) is 0 Å². The Bertz CT molecular complexity index is 1230. The van der Waals surface area contributed by atoms with Crippen molar-refractivity contribution < 1.29 is 4.74 Å². The monoisotopic (exact) mass is 347 g/mol. The Morgan fingerprint density at radius 3 is 2.15 bits per heavy atom. The van der Waals surface area contributed by atoms with Gasteiger partial charge in [0, 0.05) is 6.20 Å². The summed E-state index contributed by atoms with van der Waals surface area (Å²) >= 11 is 0. The molecular weight excluding hydrogens is 330 g/mol. The van der Waals surface area contributed by atoms with Gasteiger partial charge in [-0.2, -0.15) is 0 Å². The highest BCUT2D eigenvalue weighted by Gasteiger charge is 2.06. The van der Waals surface area contributed by atoms with E-state index in [9.17, 15) is 0 Å². The molecule has 0 aliphatic carbocycles. The third-order valence-corrected chi connectivity index (χ3v) is 4.78. The van der Waals surface area contributed by atoms with E-state index in [1.54, 1.807) is 12.4 Å². The predicted octanol–water partition coefficient (Wildman–Crippen LogP) is 6.85. The van der Waals surface area contributed by atoms with Crippen LogP contribution in [0.4, 0.5) is 0 Å². The maximum Gasteiger partial charge on any atom is 0.145 e. The van der Waals surface area contributed by atoms with E-state index in [-0.39, 0.29) is 0 Å². The summed E-state index contributed by atoms with van der Waals surface area (Å²) in [5, 5.41) is 5.04. The molecule has 1 aromatic heterocycles. The maximum atomic E-state index is 5.85. The van der Waals surface area contributed by atoms with Crippen molar-refractivity contribution in [2.45, 2.75) is 0 Å². The van der Waals surface area contributed by atoms with Crippen molar-refractivity contribution in [1.82, 2.24) is 4.98 Å². The molecule has 0 radical (unpaired) electrons. The Morgan fingerprint density at radius 2 is 1.37 bits per heavy atom. The molecular formula is C25H17NO. The molecule has 0 bridgehead atoms. The van der Waals surface area contributed by atoms with E-state index in [2.05, 4.69) is 71.7 Å². The molecule has 0 spiro atoms. The van der Waals surface area contributed by atoms with Gasteiger partial charge >= 0.3 is 0 Å². The molecule has 5 aromatic rings. The van der Waals surface area contributed by atoms with E-state index in [0.29, 0.717) is 0 Å². The number of rotatable bonds is 3. The van der Waals surface area contributed by atoms with Crippen LogP contribution in [0.25, 0.3) is 32.7 Å². The number of ether oxygens (including phenoxy) is 1. The molecule has 0 fully saturated rings. The summed E-state index contributed by atoms with van der Waals surface area (Å²) in [6, 6.07) is 31.5. The van der Waals surface area contributed by atoms with E-state index in [1.165, 1.54) is 32.7 Å². The Hall–Kier alpha value is -3.65. The molecule has 2 heteroatoms. The zero-order valence-electron chi connectivity index (χ0n) is 14.7. The van der Waals surface area contributed by atoms with E-state index in [4.69, 9.17) is 4.74 Å². The number of hydrogen-bond acceptors (Lipinski definition) is 2. The summed E-state index contributed by atoms with van der Waals surface area (Å²) in [6.07, 6.45) is 3.45. The first kappa shape index (κ1) is 15.6. The molecule has 128 valence electrons. The van der Waals surface area contributed by atoms with Crippen LogP contribution in [0.5, 0.6) is 11.5 Å². The van der Waals surface area contributed by atoms with Crippen LogP contribution in [0.2, 0.25) is 0 Å². The van der Waals surface area contributed by atoms with Gasteiger partial charge in [0.2, 0.25) is 0 Å². The van der Waals surface area contributed by atoms with Crippen LogP contribution in [0, 0.1) is 0 Å². The van der Waals surface area contributed by atoms with Gasteiger partial charge < -0.3 is 4.74 Å². The average molecular weight is 347 g/mol. The van der Waals surface area contributed by atoms with Crippen LogP contribution in [-0.4, -0.2) is 4.98 Å². The van der Waals surface area contributed by atoms with Crippen molar-refractivity contribution >= 4 is 21.5 Å². The zero-order chi connectivity index (χ0) is 18.1. The number of pyridine rings is 1. The van der Waals surface area contributed by atoms with Crippen molar-refractivity contribution in [2.75, 3.05) is 0 Å². The Kier molecular flexibility index (Phi) is 3.80. The molecule has 0 unspecified atom stereocenters. The lowest BCUT2D eigenvalue weighted by atomic mass is 9.95. The normalized spacial score (nSPS) is 11.0. The van der Waals surface area contributed by atoms with E-state index in [1.807, 2.05) is 24.3 Å². The molecule has 0 aliphatic rings. The Labute approximate surface area is 157 Å². The number of hydrogen-bond donors (Lipinski definition) is 0. The fraction of sp³-hybridized carbons (Fsp3) is 0. The summed E-state index contributed by atoms with van der Waals surface area (Å²) in [4.78, 5) is 4.08. The van der Waals surface area contributed by atoms with Gasteiger partial charge in [-0.25, -0.2) is 0 Å². The van der Waals surface area contributed by atoms with Crippen molar-refractivity contribution in [3.63, 3.8) is 0 Å². The smallest absolute Gasteiger partial charge is 0.145 e. The van der Waals surface area contributed by atoms with Gasteiger partial charge in [-0.3, -0.25) is 4.98 Å². The molecule has 1 heterocycles. The highest BCUT2D eigenvalue weighted by molar-refractivity contribution is 6.04. The van der Waals surface area contributed by atoms with Crippen molar-refractivity contribution in [3.05, 3.63) is 103 Å². The van der Waals surface area contributed by atoms with Crippen LogP contribution in [0.15, 0.2) is 103 Å². The van der Waals surface area contributed by atoms with Crippen molar-refractivity contribution in [2.24, 2.45) is 0 Å². The van der Waals surface area contributed by atoms with Crippen LogP contribution in [0.1, 0.15) is 0 Å². The van der Waals surface area contributed by atoms with Crippen molar-refractivity contribution in [1.29, 1.82) is 0 Å². The number of fused-ring (bicyclic) bond motifs is 2. The summed E-state index contributed by atoms with van der Waals surface area (Å²) in [5.41, 5.74) is 2.40. The van der Waals surface area contributed by atoms with Crippen molar-refractivity contribution in [3.8, 4) is 22.6 Å². The average Bonchev–Trinajstić information content (AvgIpc) is 2.73. The first-order chi connectivity index (χ1) is 13.4. The Morgan fingerprint density at radius 1 is 0.593 bits per heavy atom. The first-order valence-electron chi connectivity index (χ1n) is 8.97. The lowest BCUT2D eigenvalue weighted by Crippen LogP contribution is -1.86. The molecule has 0 aliphatic heterocycles. The summed E-state index contributed by atoms with van der Waals surface area (Å²) in [5.74, 6) is 1.54. The summed E-state index contributed by atoms with van der Waals surface area (Å²) in [7, 11) is 0. The highest BCUT2D eigenvalue weighted by Crippen LogP contribution is 2.33. The molecule has 0 atom stereocenters. The zero-order valence-corrected chi connectivity index (χ0v) is 14.7. The molecule has 0 saturated carbocycles. The number of aromatic nitrogens is 1. The summed E-state index contributed by atoms with van der Waals surface area (Å²) < 4.78 is 5.85. The van der Waals surface area contributed by atoms with E-state index < -0.39 is 0 Å². The molecule has 2 nitrogen and oxygen atoms in total. The van der Waals surface area contributed by atoms with Gasteiger partial charge in [0.25, 0.3) is 0 Å². The Balaban J connectivity index is 1.56.